The van der Waals surface area contributed by atoms with Crippen molar-refractivity contribution in [3.8, 4) is 17.6 Å². The number of ether oxygens (including phenoxy) is 2. The van der Waals surface area contributed by atoms with Crippen LogP contribution in [0.2, 0.25) is 0 Å². The number of nitriles is 1. The van der Waals surface area contributed by atoms with E-state index in [1.54, 1.807) is 25.1 Å². The summed E-state index contributed by atoms with van der Waals surface area (Å²) in [7, 11) is 0. The number of amides is 1. The van der Waals surface area contributed by atoms with Gasteiger partial charge in [-0.05, 0) is 26.0 Å². The lowest BCUT2D eigenvalue weighted by Crippen LogP contribution is -2.74. The van der Waals surface area contributed by atoms with Crippen molar-refractivity contribution in [2.75, 3.05) is 6.61 Å². The van der Waals surface area contributed by atoms with Gasteiger partial charge in [0, 0.05) is 36.8 Å². The van der Waals surface area contributed by atoms with E-state index in [9.17, 15) is 10.1 Å². The molecule has 0 unspecified atom stereocenters. The summed E-state index contributed by atoms with van der Waals surface area (Å²) in [5, 5.41) is 12.4. The quantitative estimate of drug-likeness (QED) is 0.775. The molecule has 1 saturated carbocycles. The van der Waals surface area contributed by atoms with Crippen molar-refractivity contribution in [1.29, 1.82) is 5.26 Å². The minimum atomic E-state index is -0.315. The Kier molecular flexibility index (Phi) is 5.71. The molecule has 0 atom stereocenters. The number of benzene rings is 1. The van der Waals surface area contributed by atoms with Crippen LogP contribution in [0.5, 0.6) is 11.5 Å². The maximum absolute atomic E-state index is 12.7. The zero-order chi connectivity index (χ0) is 22.1. The number of hydrogen-bond acceptors (Lipinski definition) is 6. The molecular weight excluding hydrogens is 380 g/mol. The lowest BCUT2D eigenvalue weighted by molar-refractivity contribution is -0.164. The molecule has 1 aliphatic carbocycles. The minimum Gasteiger partial charge on any atom is -0.492 e. The van der Waals surface area contributed by atoms with Gasteiger partial charge in [-0.1, -0.05) is 27.7 Å². The molecule has 0 spiro atoms. The van der Waals surface area contributed by atoms with E-state index < -0.39 is 0 Å². The van der Waals surface area contributed by atoms with E-state index in [1.807, 2.05) is 6.92 Å². The molecule has 160 valence electrons. The van der Waals surface area contributed by atoms with E-state index in [4.69, 9.17) is 9.47 Å². The van der Waals surface area contributed by atoms with Crippen LogP contribution in [-0.2, 0) is 0 Å². The molecule has 3 rings (SSSR count). The third-order valence-electron chi connectivity index (χ3n) is 5.79. The average Bonchev–Trinajstić information content (AvgIpc) is 2.70. The molecule has 1 N–H and O–H groups in total. The summed E-state index contributed by atoms with van der Waals surface area (Å²) < 4.78 is 11.9. The average molecular weight is 411 g/mol. The van der Waals surface area contributed by atoms with Crippen molar-refractivity contribution < 1.29 is 15.7 Å². The third kappa shape index (κ3) is 3.82. The Labute approximate surface area is 178 Å². The normalized spacial score (nSPS) is 21.1. The van der Waals surface area contributed by atoms with E-state index in [1.165, 1.54) is 12.4 Å². The number of carbonyl (C=O) groups is 1. The van der Waals surface area contributed by atoms with Gasteiger partial charge in [0.1, 0.15) is 29.5 Å². The van der Waals surface area contributed by atoms with Crippen LogP contribution in [0.4, 0.5) is 0 Å². The zero-order valence-electron chi connectivity index (χ0n) is 18.3. The number of nitrogens with one attached hydrogen (secondary N) is 1. The van der Waals surface area contributed by atoms with Crippen molar-refractivity contribution in [3.05, 3.63) is 47.5 Å². The van der Waals surface area contributed by atoms with Crippen LogP contribution >= 0.6 is 0 Å². The highest BCUT2D eigenvalue weighted by Gasteiger charge is 2.64. The second kappa shape index (κ2) is 7.94. The van der Waals surface area contributed by atoms with E-state index in [2.05, 4.69) is 49.0 Å². The first-order valence-corrected chi connectivity index (χ1v) is 10.0. The summed E-state index contributed by atoms with van der Waals surface area (Å²) in [5.74, 6) is 1.58. The van der Waals surface area contributed by atoms with Crippen LogP contribution in [0.1, 0.15) is 57.8 Å². The molecule has 1 aliphatic rings. The Morgan fingerprint density at radius 1 is 1.23 bits per heavy atom. The van der Waals surface area contributed by atoms with Gasteiger partial charge in [0.05, 0.1) is 17.7 Å². The fourth-order valence-corrected chi connectivity index (χ4v) is 4.60. The van der Waals surface area contributed by atoms with Crippen molar-refractivity contribution in [3.63, 3.8) is 0 Å². The Hall–Kier alpha value is -3.14. The summed E-state index contributed by atoms with van der Waals surface area (Å²) in [6, 6.07) is 7.27. The van der Waals surface area contributed by atoms with Crippen LogP contribution in [0, 0.1) is 29.1 Å². The summed E-state index contributed by atoms with van der Waals surface area (Å²) in [6.07, 6.45) is 2.93. The van der Waals surface area contributed by atoms with Crippen molar-refractivity contribution in [2.45, 2.75) is 53.7 Å². The summed E-state index contributed by atoms with van der Waals surface area (Å²) in [4.78, 5) is 20.9. The second-order valence-corrected chi connectivity index (χ2v) is 8.77. The van der Waals surface area contributed by atoms with E-state index >= 15 is 0 Å². The SMILES string of the molecule is CCOc1cc(OC2C(C)(C)C(NC(=O)c3cnc(C)nc3)C2(C)C)ccc1C#N.[HH]. The van der Waals surface area contributed by atoms with Gasteiger partial charge >= 0.3 is 0 Å². The topological polar surface area (TPSA) is 97.1 Å². The predicted octanol–water partition coefficient (Wildman–Crippen LogP) is 3.91. The highest BCUT2D eigenvalue weighted by molar-refractivity contribution is 5.94. The standard InChI is InChI=1S/C23H28N4O3.H2/c1-7-29-18-10-17(9-8-15(18)11-24)30-21-22(3,4)20(23(21,5)6)27-19(28)16-12-25-14(2)26-13-16;/h8-10,12-13,20-21H,7H2,1-6H3,(H,27,28);1H. The third-order valence-corrected chi connectivity index (χ3v) is 5.79. The molecule has 7 heteroatoms. The Balaban J connectivity index is 0.00000341. The molecule has 1 aromatic heterocycles. The summed E-state index contributed by atoms with van der Waals surface area (Å²) in [5.41, 5.74) is 0.279. The fraction of sp³-hybridized carbons (Fsp3) is 0.478. The predicted molar refractivity (Wildman–Crippen MR) is 114 cm³/mol. The lowest BCUT2D eigenvalue weighted by atomic mass is 9.49. The van der Waals surface area contributed by atoms with E-state index in [0.29, 0.717) is 35.1 Å². The maximum atomic E-state index is 12.7. The highest BCUT2D eigenvalue weighted by atomic mass is 16.5. The zero-order valence-corrected chi connectivity index (χ0v) is 18.3. The molecule has 1 aromatic carbocycles. The van der Waals surface area contributed by atoms with Gasteiger partial charge in [-0.15, -0.1) is 0 Å². The fourth-order valence-electron chi connectivity index (χ4n) is 4.60. The van der Waals surface area contributed by atoms with Crippen molar-refractivity contribution >= 4 is 5.91 Å². The molecule has 0 radical (unpaired) electrons. The van der Waals surface area contributed by atoms with Gasteiger partial charge in [-0.25, -0.2) is 9.97 Å². The summed E-state index contributed by atoms with van der Waals surface area (Å²) in [6.45, 7) is 12.4. The minimum absolute atomic E-state index is 0. The van der Waals surface area contributed by atoms with Crippen LogP contribution in [0.3, 0.4) is 0 Å². The second-order valence-electron chi connectivity index (χ2n) is 8.77. The van der Waals surface area contributed by atoms with Crippen molar-refractivity contribution in [2.24, 2.45) is 10.8 Å². The first-order chi connectivity index (χ1) is 14.1. The molecule has 0 bridgehead atoms. The van der Waals surface area contributed by atoms with Crippen molar-refractivity contribution in [1.82, 2.24) is 15.3 Å². The van der Waals surface area contributed by atoms with Gasteiger partial charge in [-0.3, -0.25) is 4.79 Å². The molecule has 30 heavy (non-hydrogen) atoms. The molecule has 0 aliphatic heterocycles. The van der Waals surface area contributed by atoms with Gasteiger partial charge in [0.2, 0.25) is 0 Å². The van der Waals surface area contributed by atoms with Gasteiger partial charge < -0.3 is 14.8 Å². The Morgan fingerprint density at radius 2 is 1.87 bits per heavy atom. The van der Waals surface area contributed by atoms with Gasteiger partial charge in [-0.2, -0.15) is 5.26 Å². The van der Waals surface area contributed by atoms with Crippen LogP contribution < -0.4 is 14.8 Å². The molecule has 7 nitrogen and oxygen atoms in total. The number of hydrogen-bond donors (Lipinski definition) is 1. The molecule has 2 aromatic rings. The molecule has 0 saturated heterocycles. The number of carbonyl (C=O) groups excluding carboxylic acids is 1. The van der Waals surface area contributed by atoms with E-state index in [-0.39, 0.29) is 30.3 Å². The summed E-state index contributed by atoms with van der Waals surface area (Å²) >= 11 is 0. The van der Waals surface area contributed by atoms with Gasteiger partial charge in [0.15, 0.2) is 0 Å². The monoisotopic (exact) mass is 410 g/mol. The Morgan fingerprint density at radius 3 is 2.43 bits per heavy atom. The van der Waals surface area contributed by atoms with Crippen LogP contribution in [-0.4, -0.2) is 34.6 Å². The lowest BCUT2D eigenvalue weighted by Gasteiger charge is -2.63. The first-order valence-electron chi connectivity index (χ1n) is 10.0. The number of nitrogens with zero attached hydrogens (tertiary/aromatic N) is 3. The molecule has 1 amide bonds. The number of aromatic nitrogens is 2. The smallest absolute Gasteiger partial charge is 0.254 e. The molecule has 1 fully saturated rings. The first kappa shape index (κ1) is 21.6. The largest absolute Gasteiger partial charge is 0.492 e. The van der Waals surface area contributed by atoms with Crippen LogP contribution in [0.15, 0.2) is 30.6 Å². The maximum Gasteiger partial charge on any atom is 0.254 e. The number of rotatable bonds is 6. The van der Waals surface area contributed by atoms with Gasteiger partial charge in [0.25, 0.3) is 5.91 Å². The molecular formula is C23H30N4O3. The molecule has 1 heterocycles. The van der Waals surface area contributed by atoms with E-state index in [0.717, 1.165) is 0 Å². The highest BCUT2D eigenvalue weighted by Crippen LogP contribution is 2.55. The number of aryl methyl sites for hydroxylation is 1. The van der Waals surface area contributed by atoms with Crippen LogP contribution in [0.25, 0.3) is 0 Å². The Bertz CT molecular complexity index is 967.